The summed E-state index contributed by atoms with van der Waals surface area (Å²) in [6.45, 7) is 14.6. The molecule has 0 spiro atoms. The van der Waals surface area contributed by atoms with Crippen molar-refractivity contribution in [2.24, 2.45) is 4.99 Å². The summed E-state index contributed by atoms with van der Waals surface area (Å²) in [6, 6.07) is 6.17. The number of halogens is 1. The summed E-state index contributed by atoms with van der Waals surface area (Å²) >= 11 is 0. The van der Waals surface area contributed by atoms with Crippen LogP contribution in [0.1, 0.15) is 45.7 Å². The second kappa shape index (κ2) is 12.5. The predicted molar refractivity (Wildman–Crippen MR) is 123 cm³/mol. The van der Waals surface area contributed by atoms with Gasteiger partial charge < -0.3 is 15.4 Å². The van der Waals surface area contributed by atoms with Crippen molar-refractivity contribution < 1.29 is 8.95 Å². The number of aryl methyl sites for hydroxylation is 1. The van der Waals surface area contributed by atoms with E-state index in [1.54, 1.807) is 0 Å². The molecule has 2 N–H and O–H groups in total. The molecule has 26 heavy (non-hydrogen) atoms. The quantitative estimate of drug-likeness (QED) is 0.329. The van der Waals surface area contributed by atoms with E-state index in [-0.39, 0.29) is 28.7 Å². The van der Waals surface area contributed by atoms with Crippen LogP contribution < -0.4 is 15.4 Å². The Morgan fingerprint density at radius 3 is 2.50 bits per heavy atom. The molecule has 0 aromatic heterocycles. The average molecular weight is 495 g/mol. The molecule has 5 nitrogen and oxygen atoms in total. The molecular weight excluding hydrogens is 461 g/mol. The molecule has 1 aromatic carbocycles. The van der Waals surface area contributed by atoms with E-state index in [1.165, 1.54) is 5.56 Å². The van der Waals surface area contributed by atoms with Gasteiger partial charge in [0.25, 0.3) is 0 Å². The van der Waals surface area contributed by atoms with Crippen LogP contribution in [0.15, 0.2) is 23.2 Å². The van der Waals surface area contributed by atoms with E-state index in [0.29, 0.717) is 25.4 Å². The zero-order valence-corrected chi connectivity index (χ0v) is 20.0. The fourth-order valence-electron chi connectivity index (χ4n) is 2.16. The minimum Gasteiger partial charge on any atom is -0.494 e. The first-order chi connectivity index (χ1) is 11.8. The molecule has 0 saturated heterocycles. The number of guanidine groups is 1. The number of nitrogens with one attached hydrogen (secondary N) is 2. The highest BCUT2D eigenvalue weighted by Crippen LogP contribution is 2.21. The van der Waals surface area contributed by atoms with Crippen molar-refractivity contribution in [2.45, 2.75) is 52.8 Å². The second-order valence-electron chi connectivity index (χ2n) is 6.83. The van der Waals surface area contributed by atoms with E-state index in [1.807, 2.05) is 40.7 Å². The number of benzene rings is 1. The van der Waals surface area contributed by atoms with Crippen LogP contribution >= 0.6 is 24.0 Å². The Bertz CT molecular complexity index is 601. The number of aliphatic imine (C=N–C) groups is 1. The fourth-order valence-corrected chi connectivity index (χ4v) is 3.06. The lowest BCUT2D eigenvalue weighted by Crippen LogP contribution is -2.40. The second-order valence-corrected chi connectivity index (χ2v) is 9.15. The summed E-state index contributed by atoms with van der Waals surface area (Å²) in [6.07, 6.45) is 0. The third-order valence-corrected chi connectivity index (χ3v) is 5.48. The molecule has 0 heterocycles. The van der Waals surface area contributed by atoms with E-state index in [0.717, 1.165) is 23.8 Å². The van der Waals surface area contributed by atoms with Crippen LogP contribution in [0.5, 0.6) is 5.75 Å². The number of ether oxygens (including phenoxy) is 1. The van der Waals surface area contributed by atoms with E-state index >= 15 is 0 Å². The predicted octanol–water partition coefficient (Wildman–Crippen LogP) is 3.61. The van der Waals surface area contributed by atoms with Gasteiger partial charge in [-0.15, -0.1) is 24.0 Å². The van der Waals surface area contributed by atoms with Gasteiger partial charge in [-0.25, -0.2) is 4.99 Å². The first-order valence-corrected chi connectivity index (χ1v) is 10.2. The van der Waals surface area contributed by atoms with Gasteiger partial charge in [0.2, 0.25) is 0 Å². The van der Waals surface area contributed by atoms with Crippen LogP contribution in [0, 0.1) is 6.92 Å². The van der Waals surface area contributed by atoms with Crippen LogP contribution in [0.25, 0.3) is 0 Å². The lowest BCUT2D eigenvalue weighted by molar-refractivity contribution is 0.336. The molecular formula is C19H34IN3O2S. The van der Waals surface area contributed by atoms with Crippen molar-refractivity contribution in [1.82, 2.24) is 10.6 Å². The third kappa shape index (κ3) is 9.21. The van der Waals surface area contributed by atoms with Crippen LogP contribution in [0.2, 0.25) is 0 Å². The molecule has 0 aliphatic carbocycles. The van der Waals surface area contributed by atoms with Gasteiger partial charge in [0.05, 0.1) is 13.2 Å². The van der Waals surface area contributed by atoms with Crippen LogP contribution in [-0.4, -0.2) is 40.4 Å². The van der Waals surface area contributed by atoms with Crippen molar-refractivity contribution in [3.8, 4) is 5.75 Å². The SMILES string of the molecule is CCNC(=NCc1ccc(C)cc1OCC)NCCS(=O)C(C)(C)C.I. The normalized spacial score (nSPS) is 12.9. The summed E-state index contributed by atoms with van der Waals surface area (Å²) < 4.78 is 17.6. The largest absolute Gasteiger partial charge is 0.494 e. The van der Waals surface area contributed by atoms with E-state index in [4.69, 9.17) is 4.74 Å². The Kier molecular flexibility index (Phi) is 12.1. The minimum absolute atomic E-state index is 0. The first kappa shape index (κ1) is 25.2. The van der Waals surface area contributed by atoms with Crippen molar-refractivity contribution >= 4 is 40.7 Å². The molecule has 1 aromatic rings. The van der Waals surface area contributed by atoms with Gasteiger partial charge in [-0.05, 0) is 53.2 Å². The Hall–Kier alpha value is -0.830. The number of rotatable bonds is 8. The molecule has 1 atom stereocenters. The molecule has 0 fully saturated rings. The Morgan fingerprint density at radius 2 is 1.92 bits per heavy atom. The summed E-state index contributed by atoms with van der Waals surface area (Å²) in [5.41, 5.74) is 2.23. The third-order valence-electron chi connectivity index (χ3n) is 3.54. The van der Waals surface area contributed by atoms with Crippen LogP contribution in [0.4, 0.5) is 0 Å². The molecule has 1 rings (SSSR count). The maximum Gasteiger partial charge on any atom is 0.191 e. The Morgan fingerprint density at radius 1 is 1.23 bits per heavy atom. The molecule has 150 valence electrons. The number of hydrogen-bond donors (Lipinski definition) is 2. The smallest absolute Gasteiger partial charge is 0.191 e. The van der Waals surface area contributed by atoms with Crippen molar-refractivity contribution in [1.29, 1.82) is 0 Å². The highest BCUT2D eigenvalue weighted by atomic mass is 127. The highest BCUT2D eigenvalue weighted by Gasteiger charge is 2.18. The van der Waals surface area contributed by atoms with Crippen molar-refractivity contribution in [3.63, 3.8) is 0 Å². The van der Waals surface area contributed by atoms with Crippen LogP contribution in [-0.2, 0) is 17.3 Å². The van der Waals surface area contributed by atoms with Gasteiger partial charge in [-0.2, -0.15) is 0 Å². The molecule has 0 aliphatic rings. The van der Waals surface area contributed by atoms with Gasteiger partial charge in [-0.3, -0.25) is 4.21 Å². The molecule has 7 heteroatoms. The van der Waals surface area contributed by atoms with Gasteiger partial charge in [0.1, 0.15) is 5.75 Å². The van der Waals surface area contributed by atoms with Crippen molar-refractivity contribution in [3.05, 3.63) is 29.3 Å². The number of nitrogens with zero attached hydrogens (tertiary/aromatic N) is 1. The lowest BCUT2D eigenvalue weighted by Gasteiger charge is -2.18. The summed E-state index contributed by atoms with van der Waals surface area (Å²) in [5.74, 6) is 2.22. The highest BCUT2D eigenvalue weighted by molar-refractivity contribution is 14.0. The molecule has 1 unspecified atom stereocenters. The monoisotopic (exact) mass is 495 g/mol. The van der Waals surface area contributed by atoms with Gasteiger partial charge in [0.15, 0.2) is 5.96 Å². The standard InChI is InChI=1S/C19H33N3O2S.HI/c1-7-20-18(21-11-12-25(23)19(4,5)6)22-14-16-10-9-15(3)13-17(16)24-8-2;/h9-10,13H,7-8,11-12,14H2,1-6H3,(H2,20,21,22);1H. The van der Waals surface area contributed by atoms with E-state index in [9.17, 15) is 4.21 Å². The number of hydrogen-bond acceptors (Lipinski definition) is 3. The molecule has 0 bridgehead atoms. The summed E-state index contributed by atoms with van der Waals surface area (Å²) in [4.78, 5) is 4.63. The maximum absolute atomic E-state index is 12.1. The van der Waals surface area contributed by atoms with E-state index in [2.05, 4.69) is 34.7 Å². The molecule has 0 saturated carbocycles. The topological polar surface area (TPSA) is 62.7 Å². The summed E-state index contributed by atoms with van der Waals surface area (Å²) in [5, 5.41) is 6.49. The molecule has 0 radical (unpaired) electrons. The lowest BCUT2D eigenvalue weighted by atomic mass is 10.1. The fraction of sp³-hybridized carbons (Fsp3) is 0.632. The van der Waals surface area contributed by atoms with E-state index < -0.39 is 10.8 Å². The minimum atomic E-state index is -0.872. The maximum atomic E-state index is 12.1. The average Bonchev–Trinajstić information content (AvgIpc) is 2.53. The zero-order valence-electron chi connectivity index (χ0n) is 16.8. The van der Waals surface area contributed by atoms with Gasteiger partial charge in [-0.1, -0.05) is 12.1 Å². The zero-order chi connectivity index (χ0) is 18.9. The van der Waals surface area contributed by atoms with Gasteiger partial charge in [0, 0.05) is 40.0 Å². The Labute approximate surface area is 178 Å². The summed E-state index contributed by atoms with van der Waals surface area (Å²) in [7, 11) is -0.872. The Balaban J connectivity index is 0.00000625. The van der Waals surface area contributed by atoms with Crippen molar-refractivity contribution in [2.75, 3.05) is 25.4 Å². The van der Waals surface area contributed by atoms with Gasteiger partial charge >= 0.3 is 0 Å². The molecule has 0 amide bonds. The molecule has 0 aliphatic heterocycles. The first-order valence-electron chi connectivity index (χ1n) is 8.91. The van der Waals surface area contributed by atoms with Crippen LogP contribution in [0.3, 0.4) is 0 Å².